The first-order valence-electron chi connectivity index (χ1n) is 7.65. The van der Waals surface area contributed by atoms with E-state index in [-0.39, 0.29) is 30.3 Å². The summed E-state index contributed by atoms with van der Waals surface area (Å²) in [6.45, 7) is 3.67. The van der Waals surface area contributed by atoms with Crippen LogP contribution >= 0.6 is 11.8 Å². The molecule has 0 fully saturated rings. The SMILES string of the molecule is CC[C@@H](C)NC(=O)COC(=O)CSc1ccc2ccccc2c1. The summed E-state index contributed by atoms with van der Waals surface area (Å²) in [5.41, 5.74) is 0. The second kappa shape index (κ2) is 8.58. The number of hydrogen-bond acceptors (Lipinski definition) is 4. The lowest BCUT2D eigenvalue weighted by Crippen LogP contribution is -2.35. The second-order valence-electron chi connectivity index (χ2n) is 5.34. The third-order valence-electron chi connectivity index (χ3n) is 3.46. The van der Waals surface area contributed by atoms with Crippen LogP contribution in [0.3, 0.4) is 0 Å². The van der Waals surface area contributed by atoms with Gasteiger partial charge in [0.2, 0.25) is 0 Å². The van der Waals surface area contributed by atoms with Crippen molar-refractivity contribution < 1.29 is 14.3 Å². The number of amides is 1. The highest BCUT2D eigenvalue weighted by Crippen LogP contribution is 2.23. The van der Waals surface area contributed by atoms with Crippen LogP contribution < -0.4 is 5.32 Å². The molecule has 0 aliphatic carbocycles. The third kappa shape index (κ3) is 5.60. The van der Waals surface area contributed by atoms with Crippen LogP contribution in [-0.2, 0) is 14.3 Å². The lowest BCUT2D eigenvalue weighted by Gasteiger charge is -2.11. The predicted octanol–water partition coefficient (Wildman–Crippen LogP) is 3.39. The van der Waals surface area contributed by atoms with E-state index in [0.717, 1.165) is 16.7 Å². The maximum Gasteiger partial charge on any atom is 0.316 e. The zero-order chi connectivity index (χ0) is 16.7. The van der Waals surface area contributed by atoms with Gasteiger partial charge in [-0.1, -0.05) is 37.3 Å². The molecule has 1 N–H and O–H groups in total. The van der Waals surface area contributed by atoms with E-state index in [0.29, 0.717) is 0 Å². The zero-order valence-corrected chi connectivity index (χ0v) is 14.2. The molecule has 0 radical (unpaired) electrons. The first kappa shape index (κ1) is 17.3. The Bertz CT molecular complexity index is 687. The molecule has 2 aromatic carbocycles. The Labute approximate surface area is 140 Å². The van der Waals surface area contributed by atoms with E-state index in [2.05, 4.69) is 5.32 Å². The third-order valence-corrected chi connectivity index (χ3v) is 4.43. The topological polar surface area (TPSA) is 55.4 Å². The maximum absolute atomic E-state index is 11.7. The highest BCUT2D eigenvalue weighted by atomic mass is 32.2. The number of nitrogens with one attached hydrogen (secondary N) is 1. The Hall–Kier alpha value is -2.01. The van der Waals surface area contributed by atoms with E-state index < -0.39 is 0 Å². The summed E-state index contributed by atoms with van der Waals surface area (Å²) in [6, 6.07) is 14.2. The van der Waals surface area contributed by atoms with Gasteiger partial charge >= 0.3 is 5.97 Å². The van der Waals surface area contributed by atoms with Crippen molar-refractivity contribution in [2.24, 2.45) is 0 Å². The van der Waals surface area contributed by atoms with Gasteiger partial charge < -0.3 is 10.1 Å². The standard InChI is InChI=1S/C18H21NO3S/c1-3-13(2)19-17(20)11-22-18(21)12-23-16-9-8-14-6-4-5-7-15(14)10-16/h4-10,13H,3,11-12H2,1-2H3,(H,19,20)/t13-/m1/s1. The summed E-state index contributed by atoms with van der Waals surface area (Å²) in [5, 5.41) is 5.06. The maximum atomic E-state index is 11.7. The molecular weight excluding hydrogens is 310 g/mol. The molecule has 0 aromatic heterocycles. The Morgan fingerprint density at radius 2 is 1.91 bits per heavy atom. The average Bonchev–Trinajstić information content (AvgIpc) is 2.57. The Morgan fingerprint density at radius 1 is 1.17 bits per heavy atom. The summed E-state index contributed by atoms with van der Waals surface area (Å²) in [5.74, 6) is -0.458. The van der Waals surface area contributed by atoms with Crippen molar-refractivity contribution in [2.75, 3.05) is 12.4 Å². The molecule has 4 nitrogen and oxygen atoms in total. The summed E-state index contributed by atoms with van der Waals surface area (Å²) >= 11 is 1.41. The number of rotatable bonds is 7. The number of carbonyl (C=O) groups excluding carboxylic acids is 2. The van der Waals surface area contributed by atoms with Crippen molar-refractivity contribution in [3.63, 3.8) is 0 Å². The fourth-order valence-corrected chi connectivity index (χ4v) is 2.75. The molecule has 1 atom stereocenters. The second-order valence-corrected chi connectivity index (χ2v) is 6.38. The van der Waals surface area contributed by atoms with Crippen LogP contribution in [0.4, 0.5) is 0 Å². The molecule has 0 spiro atoms. The Balaban J connectivity index is 1.78. The van der Waals surface area contributed by atoms with E-state index in [1.807, 2.05) is 56.3 Å². The first-order valence-corrected chi connectivity index (χ1v) is 8.63. The minimum absolute atomic E-state index is 0.0909. The highest BCUT2D eigenvalue weighted by Gasteiger charge is 2.10. The highest BCUT2D eigenvalue weighted by molar-refractivity contribution is 8.00. The number of fused-ring (bicyclic) bond motifs is 1. The van der Waals surface area contributed by atoms with E-state index in [4.69, 9.17) is 4.74 Å². The number of ether oxygens (including phenoxy) is 1. The molecular formula is C18H21NO3S. The fraction of sp³-hybridized carbons (Fsp3) is 0.333. The lowest BCUT2D eigenvalue weighted by molar-refractivity contribution is -0.146. The Morgan fingerprint density at radius 3 is 2.65 bits per heavy atom. The Kier molecular flexibility index (Phi) is 6.47. The van der Waals surface area contributed by atoms with Crippen LogP contribution in [0.2, 0.25) is 0 Å². The molecule has 0 aliphatic heterocycles. The van der Waals surface area contributed by atoms with Gasteiger partial charge in [-0.2, -0.15) is 0 Å². The molecule has 0 bridgehead atoms. The quantitative estimate of drug-likeness (QED) is 0.624. The summed E-state index contributed by atoms with van der Waals surface area (Å²) in [7, 11) is 0. The van der Waals surface area contributed by atoms with Crippen molar-refractivity contribution in [3.8, 4) is 0 Å². The van der Waals surface area contributed by atoms with Crippen molar-refractivity contribution in [3.05, 3.63) is 42.5 Å². The normalized spacial score (nSPS) is 11.9. The van der Waals surface area contributed by atoms with Gasteiger partial charge in [0.15, 0.2) is 6.61 Å². The number of hydrogen-bond donors (Lipinski definition) is 1. The van der Waals surface area contributed by atoms with E-state index in [9.17, 15) is 9.59 Å². The van der Waals surface area contributed by atoms with Crippen molar-refractivity contribution in [1.82, 2.24) is 5.32 Å². The van der Waals surface area contributed by atoms with Gasteiger partial charge in [-0.25, -0.2) is 0 Å². The van der Waals surface area contributed by atoms with Gasteiger partial charge in [0.1, 0.15) is 0 Å². The largest absolute Gasteiger partial charge is 0.455 e. The smallest absolute Gasteiger partial charge is 0.316 e. The van der Waals surface area contributed by atoms with E-state index in [1.165, 1.54) is 17.1 Å². The van der Waals surface area contributed by atoms with Crippen LogP contribution in [0.5, 0.6) is 0 Å². The van der Waals surface area contributed by atoms with Crippen LogP contribution in [0.1, 0.15) is 20.3 Å². The monoisotopic (exact) mass is 331 g/mol. The van der Waals surface area contributed by atoms with E-state index >= 15 is 0 Å². The molecule has 122 valence electrons. The molecule has 0 unspecified atom stereocenters. The molecule has 5 heteroatoms. The predicted molar refractivity (Wildman–Crippen MR) is 93.5 cm³/mol. The minimum Gasteiger partial charge on any atom is -0.455 e. The van der Waals surface area contributed by atoms with Gasteiger partial charge in [0.05, 0.1) is 5.75 Å². The van der Waals surface area contributed by atoms with Crippen molar-refractivity contribution in [1.29, 1.82) is 0 Å². The van der Waals surface area contributed by atoms with Gasteiger partial charge in [-0.05, 0) is 36.2 Å². The number of thioether (sulfide) groups is 1. The molecule has 23 heavy (non-hydrogen) atoms. The zero-order valence-electron chi connectivity index (χ0n) is 13.4. The fourth-order valence-electron chi connectivity index (χ4n) is 2.01. The molecule has 2 aromatic rings. The molecule has 0 aliphatic rings. The van der Waals surface area contributed by atoms with Gasteiger partial charge in [0.25, 0.3) is 5.91 Å². The number of carbonyl (C=O) groups is 2. The molecule has 0 heterocycles. The summed E-state index contributed by atoms with van der Waals surface area (Å²) in [4.78, 5) is 24.3. The first-order chi connectivity index (χ1) is 11.1. The number of esters is 1. The lowest BCUT2D eigenvalue weighted by atomic mass is 10.1. The molecule has 1 amide bonds. The average molecular weight is 331 g/mol. The summed E-state index contributed by atoms with van der Waals surface area (Å²) in [6.07, 6.45) is 0.845. The minimum atomic E-state index is -0.387. The molecule has 0 saturated carbocycles. The van der Waals surface area contributed by atoms with Crippen molar-refractivity contribution in [2.45, 2.75) is 31.2 Å². The van der Waals surface area contributed by atoms with Gasteiger partial charge in [-0.15, -0.1) is 11.8 Å². The van der Waals surface area contributed by atoms with Crippen LogP contribution in [-0.4, -0.2) is 30.3 Å². The molecule has 0 saturated heterocycles. The van der Waals surface area contributed by atoms with Gasteiger partial charge in [0, 0.05) is 10.9 Å². The van der Waals surface area contributed by atoms with E-state index in [1.54, 1.807) is 0 Å². The number of benzene rings is 2. The van der Waals surface area contributed by atoms with Crippen LogP contribution in [0, 0.1) is 0 Å². The van der Waals surface area contributed by atoms with Gasteiger partial charge in [-0.3, -0.25) is 9.59 Å². The van der Waals surface area contributed by atoms with Crippen molar-refractivity contribution >= 4 is 34.4 Å². The van der Waals surface area contributed by atoms with Crippen LogP contribution in [0.15, 0.2) is 47.4 Å². The summed E-state index contributed by atoms with van der Waals surface area (Å²) < 4.78 is 4.99. The van der Waals surface area contributed by atoms with Crippen LogP contribution in [0.25, 0.3) is 10.8 Å². The molecule has 2 rings (SSSR count).